The van der Waals surface area contributed by atoms with E-state index in [-0.39, 0.29) is 18.4 Å². The van der Waals surface area contributed by atoms with Crippen LogP contribution in [0.1, 0.15) is 42.8 Å². The molecule has 6 nitrogen and oxygen atoms in total. The lowest BCUT2D eigenvalue weighted by Crippen LogP contribution is -2.40. The lowest BCUT2D eigenvalue weighted by atomic mass is 9.98. The fraction of sp³-hybridized carbons (Fsp3) is 0.688. The van der Waals surface area contributed by atoms with E-state index in [1.54, 1.807) is 18.4 Å². The second kappa shape index (κ2) is 8.98. The van der Waals surface area contributed by atoms with Gasteiger partial charge in [0, 0.05) is 50.9 Å². The van der Waals surface area contributed by atoms with Crippen molar-refractivity contribution >= 4 is 23.2 Å². The molecule has 0 spiro atoms. The maximum atomic E-state index is 12.0. The Morgan fingerprint density at radius 3 is 3.09 bits per heavy atom. The minimum Gasteiger partial charge on any atom is -0.375 e. The highest BCUT2D eigenvalue weighted by atomic mass is 32.1. The van der Waals surface area contributed by atoms with Gasteiger partial charge in [0.25, 0.3) is 0 Å². The van der Waals surface area contributed by atoms with Crippen LogP contribution in [0.2, 0.25) is 0 Å². The van der Waals surface area contributed by atoms with E-state index in [2.05, 4.69) is 10.7 Å². The highest BCUT2D eigenvalue weighted by molar-refractivity contribution is 7.09. The molecule has 1 unspecified atom stereocenters. The third-order valence-electron chi connectivity index (χ3n) is 3.99. The number of methoxy groups -OCH3 is 1. The number of amides is 2. The first-order valence-electron chi connectivity index (χ1n) is 8.11. The van der Waals surface area contributed by atoms with Gasteiger partial charge in [-0.25, -0.2) is 4.98 Å². The zero-order valence-corrected chi connectivity index (χ0v) is 14.7. The molecule has 0 aliphatic carbocycles. The normalized spacial score (nSPS) is 18.0. The average Bonchev–Trinajstić information content (AvgIpc) is 3.04. The Morgan fingerprint density at radius 1 is 1.52 bits per heavy atom. The molecule has 1 aromatic heterocycles. The Kier molecular flexibility index (Phi) is 6.98. The van der Waals surface area contributed by atoms with Crippen molar-refractivity contribution in [3.05, 3.63) is 16.1 Å². The molecule has 1 aliphatic rings. The zero-order valence-electron chi connectivity index (χ0n) is 13.8. The van der Waals surface area contributed by atoms with E-state index in [0.29, 0.717) is 18.9 Å². The molecule has 2 rings (SSSR count). The van der Waals surface area contributed by atoms with Crippen molar-refractivity contribution in [3.8, 4) is 0 Å². The first-order valence-corrected chi connectivity index (χ1v) is 8.99. The number of piperidine rings is 1. The molecule has 128 valence electrons. The van der Waals surface area contributed by atoms with Gasteiger partial charge in [-0.2, -0.15) is 0 Å². The van der Waals surface area contributed by atoms with Gasteiger partial charge in [0.1, 0.15) is 6.61 Å². The van der Waals surface area contributed by atoms with E-state index in [1.807, 2.05) is 11.8 Å². The molecule has 1 atom stereocenters. The van der Waals surface area contributed by atoms with Gasteiger partial charge < -0.3 is 15.0 Å². The summed E-state index contributed by atoms with van der Waals surface area (Å²) < 4.78 is 4.94. The zero-order chi connectivity index (χ0) is 16.7. The molecule has 0 radical (unpaired) electrons. The average molecular weight is 339 g/mol. The summed E-state index contributed by atoms with van der Waals surface area (Å²) >= 11 is 1.65. The molecule has 1 fully saturated rings. The van der Waals surface area contributed by atoms with Crippen LogP contribution >= 0.6 is 11.3 Å². The fourth-order valence-corrected chi connectivity index (χ4v) is 3.68. The molecule has 0 saturated carbocycles. The Labute approximate surface area is 141 Å². The van der Waals surface area contributed by atoms with Gasteiger partial charge in [-0.3, -0.25) is 9.59 Å². The molecular weight excluding hydrogens is 314 g/mol. The Hall–Kier alpha value is -1.47. The van der Waals surface area contributed by atoms with Crippen LogP contribution < -0.4 is 5.32 Å². The number of ether oxygens (including phenoxy) is 1. The number of rotatable bonds is 7. The number of likely N-dealkylation sites (tertiary alicyclic amines) is 1. The Balaban J connectivity index is 1.86. The molecule has 23 heavy (non-hydrogen) atoms. The number of nitrogens with one attached hydrogen (secondary N) is 1. The van der Waals surface area contributed by atoms with Gasteiger partial charge in [0.05, 0.1) is 10.7 Å². The van der Waals surface area contributed by atoms with E-state index < -0.39 is 0 Å². The van der Waals surface area contributed by atoms with Gasteiger partial charge in [0.15, 0.2) is 0 Å². The van der Waals surface area contributed by atoms with Crippen LogP contribution in [0.5, 0.6) is 0 Å². The van der Waals surface area contributed by atoms with Crippen LogP contribution in [0.3, 0.4) is 0 Å². The smallest absolute Gasteiger partial charge is 0.248 e. The van der Waals surface area contributed by atoms with Gasteiger partial charge in [-0.1, -0.05) is 6.92 Å². The van der Waals surface area contributed by atoms with E-state index in [0.717, 1.165) is 43.1 Å². The minimum absolute atomic E-state index is 0.0521. The molecule has 7 heteroatoms. The van der Waals surface area contributed by atoms with Crippen molar-refractivity contribution in [1.29, 1.82) is 0 Å². The quantitative estimate of drug-likeness (QED) is 0.818. The summed E-state index contributed by atoms with van der Waals surface area (Å²) in [6, 6.07) is 0. The third-order valence-corrected chi connectivity index (χ3v) is 5.04. The summed E-state index contributed by atoms with van der Waals surface area (Å²) in [5.41, 5.74) is 1.02. The maximum absolute atomic E-state index is 12.0. The summed E-state index contributed by atoms with van der Waals surface area (Å²) in [5.74, 6) is 0.435. The van der Waals surface area contributed by atoms with Gasteiger partial charge in [-0.15, -0.1) is 11.3 Å². The van der Waals surface area contributed by atoms with E-state index in [9.17, 15) is 9.59 Å². The lowest BCUT2D eigenvalue weighted by molar-refractivity contribution is -0.136. The first kappa shape index (κ1) is 17.9. The van der Waals surface area contributed by atoms with E-state index in [1.165, 1.54) is 0 Å². The third kappa shape index (κ3) is 5.28. The summed E-state index contributed by atoms with van der Waals surface area (Å²) in [7, 11) is 1.55. The van der Waals surface area contributed by atoms with E-state index in [4.69, 9.17) is 9.72 Å². The summed E-state index contributed by atoms with van der Waals surface area (Å²) in [4.78, 5) is 29.8. The number of nitrogens with zero attached hydrogens (tertiary/aromatic N) is 2. The van der Waals surface area contributed by atoms with Crippen molar-refractivity contribution < 1.29 is 14.3 Å². The van der Waals surface area contributed by atoms with Crippen LogP contribution in [0.4, 0.5) is 0 Å². The highest BCUT2D eigenvalue weighted by Crippen LogP contribution is 2.29. The second-order valence-electron chi connectivity index (χ2n) is 5.74. The minimum atomic E-state index is 0.0521. The predicted molar refractivity (Wildman–Crippen MR) is 89.5 cm³/mol. The van der Waals surface area contributed by atoms with Crippen LogP contribution in [-0.4, -0.2) is 55.0 Å². The second-order valence-corrected chi connectivity index (χ2v) is 6.63. The van der Waals surface area contributed by atoms with Crippen molar-refractivity contribution in [2.24, 2.45) is 0 Å². The van der Waals surface area contributed by atoms with Gasteiger partial charge >= 0.3 is 0 Å². The standard InChI is InChI=1S/C16H25N3O3S/c1-3-14(20)17-7-6-13-11-23-16(18-13)12-5-4-8-19(9-12)15(21)10-22-2/h11-12H,3-10H2,1-2H3,(H,17,20). The van der Waals surface area contributed by atoms with Crippen molar-refractivity contribution in [3.63, 3.8) is 0 Å². The Morgan fingerprint density at radius 2 is 2.35 bits per heavy atom. The monoisotopic (exact) mass is 339 g/mol. The van der Waals surface area contributed by atoms with Crippen molar-refractivity contribution in [2.45, 2.75) is 38.5 Å². The number of aromatic nitrogens is 1. The Bertz CT molecular complexity index is 532. The van der Waals surface area contributed by atoms with Gasteiger partial charge in [0.2, 0.25) is 11.8 Å². The molecular formula is C16H25N3O3S. The molecule has 0 aromatic carbocycles. The molecule has 1 N–H and O–H groups in total. The van der Waals surface area contributed by atoms with Crippen molar-refractivity contribution in [1.82, 2.24) is 15.2 Å². The van der Waals surface area contributed by atoms with Gasteiger partial charge in [-0.05, 0) is 12.8 Å². The number of hydrogen-bond donors (Lipinski definition) is 1. The van der Waals surface area contributed by atoms with Crippen LogP contribution in [0.25, 0.3) is 0 Å². The number of thiazole rings is 1. The van der Waals surface area contributed by atoms with E-state index >= 15 is 0 Å². The molecule has 2 amide bonds. The largest absolute Gasteiger partial charge is 0.375 e. The molecule has 1 aromatic rings. The topological polar surface area (TPSA) is 71.5 Å². The molecule has 2 heterocycles. The number of carbonyl (C=O) groups is 2. The van der Waals surface area contributed by atoms with Crippen molar-refractivity contribution in [2.75, 3.05) is 33.4 Å². The summed E-state index contributed by atoms with van der Waals surface area (Å²) in [6.45, 7) is 4.14. The first-order chi connectivity index (χ1) is 11.1. The maximum Gasteiger partial charge on any atom is 0.248 e. The molecule has 1 aliphatic heterocycles. The highest BCUT2D eigenvalue weighted by Gasteiger charge is 2.26. The fourth-order valence-electron chi connectivity index (χ4n) is 2.70. The predicted octanol–water partition coefficient (Wildman–Crippen LogP) is 1.56. The van der Waals surface area contributed by atoms with Crippen LogP contribution in [0, 0.1) is 0 Å². The molecule has 1 saturated heterocycles. The number of carbonyl (C=O) groups excluding carboxylic acids is 2. The molecule has 0 bridgehead atoms. The van der Waals surface area contributed by atoms with Crippen LogP contribution in [0.15, 0.2) is 5.38 Å². The van der Waals surface area contributed by atoms with Crippen LogP contribution in [-0.2, 0) is 20.7 Å². The SMILES string of the molecule is CCC(=O)NCCc1csc(C2CCCN(C(=O)COC)C2)n1. The summed E-state index contributed by atoms with van der Waals surface area (Å²) in [5, 5.41) is 6.02. The lowest BCUT2D eigenvalue weighted by Gasteiger charge is -2.31. The summed E-state index contributed by atoms with van der Waals surface area (Å²) in [6.07, 6.45) is 3.33. The number of hydrogen-bond acceptors (Lipinski definition) is 5.